The lowest BCUT2D eigenvalue weighted by atomic mass is 9.88. The van der Waals surface area contributed by atoms with Crippen molar-refractivity contribution >= 4 is 23.1 Å². The van der Waals surface area contributed by atoms with Gasteiger partial charge in [0, 0.05) is 24.7 Å². The fraction of sp³-hybridized carbons (Fsp3) is 0.818. The van der Waals surface area contributed by atoms with E-state index in [1.807, 2.05) is 13.8 Å². The summed E-state index contributed by atoms with van der Waals surface area (Å²) in [7, 11) is 0. The van der Waals surface area contributed by atoms with E-state index >= 15 is 0 Å². The summed E-state index contributed by atoms with van der Waals surface area (Å²) in [5, 5.41) is 18.6. The Balaban J connectivity index is -0.000000146. The van der Waals surface area contributed by atoms with Gasteiger partial charge in [0.15, 0.2) is 0 Å². The van der Waals surface area contributed by atoms with Crippen molar-refractivity contribution < 1.29 is 29.4 Å². The lowest BCUT2D eigenvalue weighted by molar-refractivity contribution is -0.129. The van der Waals surface area contributed by atoms with Crippen molar-refractivity contribution in [3.8, 4) is 0 Å². The molecule has 2 N–H and O–H groups in total. The Labute approximate surface area is 172 Å². The first kappa shape index (κ1) is 34.1. The van der Waals surface area contributed by atoms with Crippen molar-refractivity contribution in [1.29, 1.82) is 0 Å². The fourth-order valence-corrected chi connectivity index (χ4v) is 1.20. The van der Waals surface area contributed by atoms with Crippen molar-refractivity contribution in [1.82, 2.24) is 0 Å². The zero-order chi connectivity index (χ0) is 23.9. The first-order valence-corrected chi connectivity index (χ1v) is 9.69. The minimum Gasteiger partial charge on any atom is -0.390 e. The number of ketones is 4. The molecule has 0 saturated carbocycles. The molecular weight excluding hydrogens is 360 g/mol. The second-order valence-electron chi connectivity index (χ2n) is 8.15. The summed E-state index contributed by atoms with van der Waals surface area (Å²) in [5.74, 6) is 0.0509. The molecule has 0 amide bonds. The average Bonchev–Trinajstić information content (AvgIpc) is 2.51. The van der Waals surface area contributed by atoms with Crippen LogP contribution in [0.3, 0.4) is 0 Å². The van der Waals surface area contributed by atoms with Gasteiger partial charge in [0.05, 0.1) is 11.2 Å². The summed E-state index contributed by atoms with van der Waals surface area (Å²) in [6.07, 6.45) is 1.17. The molecule has 0 aliphatic rings. The van der Waals surface area contributed by atoms with Crippen LogP contribution < -0.4 is 0 Å². The normalized spacial score (nSPS) is 12.5. The first-order valence-electron chi connectivity index (χ1n) is 9.69. The van der Waals surface area contributed by atoms with Gasteiger partial charge in [0.25, 0.3) is 0 Å². The lowest BCUT2D eigenvalue weighted by Crippen LogP contribution is -2.34. The van der Waals surface area contributed by atoms with Crippen molar-refractivity contribution in [2.75, 3.05) is 0 Å². The number of rotatable bonds is 6. The van der Waals surface area contributed by atoms with Crippen molar-refractivity contribution in [3.05, 3.63) is 0 Å². The zero-order valence-electron chi connectivity index (χ0n) is 20.1. The van der Waals surface area contributed by atoms with Crippen molar-refractivity contribution in [3.63, 3.8) is 0 Å². The van der Waals surface area contributed by atoms with Crippen LogP contribution in [-0.4, -0.2) is 44.5 Å². The first-order chi connectivity index (χ1) is 12.2. The van der Waals surface area contributed by atoms with Gasteiger partial charge in [-0.15, -0.1) is 0 Å². The van der Waals surface area contributed by atoms with E-state index in [1.54, 1.807) is 48.5 Å². The van der Waals surface area contributed by atoms with E-state index in [-0.39, 0.29) is 35.0 Å². The largest absolute Gasteiger partial charge is 0.390 e. The molecule has 2 atom stereocenters. The van der Waals surface area contributed by atoms with Crippen LogP contribution in [0.25, 0.3) is 0 Å². The van der Waals surface area contributed by atoms with E-state index in [2.05, 4.69) is 0 Å². The summed E-state index contributed by atoms with van der Waals surface area (Å²) < 4.78 is 0. The molecule has 6 heteroatoms. The summed E-state index contributed by atoms with van der Waals surface area (Å²) in [6.45, 7) is 19.9. The lowest BCUT2D eigenvalue weighted by Gasteiger charge is -2.23. The topological polar surface area (TPSA) is 109 Å². The third-order valence-electron chi connectivity index (χ3n) is 4.06. The molecule has 6 nitrogen and oxygen atoms in total. The molecule has 0 aromatic rings. The molecule has 0 aromatic carbocycles. The molecule has 0 bridgehead atoms. The van der Waals surface area contributed by atoms with Crippen LogP contribution in [0.2, 0.25) is 0 Å². The van der Waals surface area contributed by atoms with Crippen LogP contribution in [0.1, 0.15) is 95.9 Å². The smallest absolute Gasteiger partial charge is 0.138 e. The van der Waals surface area contributed by atoms with Crippen molar-refractivity contribution in [2.45, 2.75) is 107 Å². The number of carbonyl (C=O) groups excluding carboxylic acids is 4. The Hall–Kier alpha value is -1.40. The van der Waals surface area contributed by atoms with Gasteiger partial charge in [-0.3, -0.25) is 9.59 Å². The standard InChI is InChI=1S/C8H16O2.C7H14O2.C4H8O.C3H6O/c1-5-7(9)6(2)8(3,4)10;1-5(6(2)8)7(3,4)9;1-3-4(2)5;1-3(2)4/h6,10H,5H2,1-4H3;5,9H,1-4H3;3H2,1-2H3;1-2H3. The van der Waals surface area contributed by atoms with E-state index in [1.165, 1.54) is 20.8 Å². The van der Waals surface area contributed by atoms with E-state index < -0.39 is 11.2 Å². The maximum Gasteiger partial charge on any atom is 0.138 e. The van der Waals surface area contributed by atoms with E-state index in [0.29, 0.717) is 12.8 Å². The van der Waals surface area contributed by atoms with Gasteiger partial charge in [0.2, 0.25) is 0 Å². The van der Waals surface area contributed by atoms with Crippen LogP contribution in [0.4, 0.5) is 0 Å². The minimum atomic E-state index is -0.869. The molecular formula is C22H44O6. The van der Waals surface area contributed by atoms with Gasteiger partial charge in [-0.05, 0) is 55.4 Å². The van der Waals surface area contributed by atoms with Gasteiger partial charge in [-0.25, -0.2) is 0 Å². The highest BCUT2D eigenvalue weighted by Gasteiger charge is 2.27. The van der Waals surface area contributed by atoms with E-state index in [9.17, 15) is 29.4 Å². The number of aliphatic hydroxyl groups is 2. The maximum atomic E-state index is 11.0. The van der Waals surface area contributed by atoms with Crippen LogP contribution in [0.5, 0.6) is 0 Å². The van der Waals surface area contributed by atoms with Crippen LogP contribution in [0.15, 0.2) is 0 Å². The average molecular weight is 405 g/mol. The molecule has 0 saturated heterocycles. The number of hydrogen-bond acceptors (Lipinski definition) is 6. The molecule has 0 aliphatic carbocycles. The number of Topliss-reactive ketones (excluding diaryl/α,β-unsaturated/α-hetero) is 4. The van der Waals surface area contributed by atoms with Gasteiger partial charge in [0.1, 0.15) is 23.1 Å². The summed E-state index contributed by atoms with van der Waals surface area (Å²) in [6, 6.07) is 0. The van der Waals surface area contributed by atoms with Gasteiger partial charge < -0.3 is 19.8 Å². The van der Waals surface area contributed by atoms with Crippen LogP contribution in [0, 0.1) is 11.8 Å². The van der Waals surface area contributed by atoms with Crippen LogP contribution in [-0.2, 0) is 19.2 Å². The minimum absolute atomic E-state index is 0.0301. The van der Waals surface area contributed by atoms with Gasteiger partial charge >= 0.3 is 0 Å². The highest BCUT2D eigenvalue weighted by molar-refractivity contribution is 5.81. The molecule has 0 radical (unpaired) electrons. The Kier molecular flexibility index (Phi) is 20.2. The highest BCUT2D eigenvalue weighted by atomic mass is 16.3. The predicted octanol–water partition coefficient (Wildman–Crippen LogP) is 3.94. The molecule has 0 aromatic heterocycles. The van der Waals surface area contributed by atoms with Crippen LogP contribution >= 0.6 is 0 Å². The van der Waals surface area contributed by atoms with E-state index in [0.717, 1.165) is 0 Å². The molecule has 0 rings (SSSR count). The molecule has 2 unspecified atom stereocenters. The second kappa shape index (κ2) is 16.5. The summed E-state index contributed by atoms with van der Waals surface area (Å²) >= 11 is 0. The van der Waals surface area contributed by atoms with Crippen molar-refractivity contribution in [2.24, 2.45) is 11.8 Å². The number of carbonyl (C=O) groups is 4. The SMILES string of the molecule is CC(=O)C(C)C(C)(C)O.CC(C)=O.CCC(=O)C(C)C(C)(C)O.CCC(C)=O. The van der Waals surface area contributed by atoms with E-state index in [4.69, 9.17) is 0 Å². The summed E-state index contributed by atoms with van der Waals surface area (Å²) in [5.41, 5.74) is -1.74. The Morgan fingerprint density at radius 2 is 0.964 bits per heavy atom. The Morgan fingerprint density at radius 3 is 1.00 bits per heavy atom. The molecule has 168 valence electrons. The molecule has 0 aliphatic heterocycles. The fourth-order valence-electron chi connectivity index (χ4n) is 1.20. The zero-order valence-corrected chi connectivity index (χ0v) is 20.1. The highest BCUT2D eigenvalue weighted by Crippen LogP contribution is 2.17. The van der Waals surface area contributed by atoms with Gasteiger partial charge in [-0.2, -0.15) is 0 Å². The molecule has 0 spiro atoms. The van der Waals surface area contributed by atoms with Gasteiger partial charge in [-0.1, -0.05) is 27.7 Å². The number of hydrogen-bond donors (Lipinski definition) is 2. The molecule has 0 heterocycles. The molecule has 0 fully saturated rings. The second-order valence-corrected chi connectivity index (χ2v) is 8.15. The third kappa shape index (κ3) is 26.8. The quantitative estimate of drug-likeness (QED) is 0.694. The maximum absolute atomic E-state index is 11.0. The Bertz CT molecular complexity index is 462. The summed E-state index contributed by atoms with van der Waals surface area (Å²) in [4.78, 5) is 40.9. The molecule has 28 heavy (non-hydrogen) atoms. The third-order valence-corrected chi connectivity index (χ3v) is 4.06. The Morgan fingerprint density at radius 1 is 0.714 bits per heavy atom. The predicted molar refractivity (Wildman–Crippen MR) is 114 cm³/mol. The monoisotopic (exact) mass is 404 g/mol.